The van der Waals surface area contributed by atoms with Gasteiger partial charge in [0.2, 0.25) is 0 Å². The maximum atomic E-state index is 5.46. The van der Waals surface area contributed by atoms with Crippen molar-refractivity contribution in [2.45, 2.75) is 19.0 Å². The van der Waals surface area contributed by atoms with Crippen LogP contribution in [0.15, 0.2) is 4.99 Å². The van der Waals surface area contributed by atoms with Crippen LogP contribution in [-0.2, 0) is 0 Å². The van der Waals surface area contributed by atoms with E-state index in [2.05, 4.69) is 16.2 Å². The van der Waals surface area contributed by atoms with E-state index < -0.39 is 0 Å². The molecule has 0 aliphatic carbocycles. The molecule has 54 valence electrons. The van der Waals surface area contributed by atoms with Crippen molar-refractivity contribution in [1.82, 2.24) is 5.32 Å². The summed E-state index contributed by atoms with van der Waals surface area (Å²) < 4.78 is 0. The zero-order valence-electron chi connectivity index (χ0n) is 5.96. The zero-order valence-corrected chi connectivity index (χ0v) is 5.96. The third-order valence-corrected chi connectivity index (χ3v) is 1.53. The Kier molecular flexibility index (Phi) is 1.93. The van der Waals surface area contributed by atoms with Gasteiger partial charge in [0.05, 0.1) is 18.6 Å². The van der Waals surface area contributed by atoms with E-state index in [1.807, 2.05) is 6.92 Å². The number of nitrogens with zero attached hydrogens (tertiary/aromatic N) is 1. The molecule has 10 heavy (non-hydrogen) atoms. The molecule has 0 radical (unpaired) electrons. The molecule has 0 amide bonds. The standard InChI is InChI=1S/C7H11N3/c1-3-6-5(2)10-7(8)4-9-6/h1,5-6,9H,4H2,2H3,(H2,8,10). The van der Waals surface area contributed by atoms with Crippen LogP contribution in [0.2, 0.25) is 0 Å². The number of nitrogens with two attached hydrogens (primary N) is 1. The molecule has 0 bridgehead atoms. The Morgan fingerprint density at radius 2 is 2.60 bits per heavy atom. The van der Waals surface area contributed by atoms with Gasteiger partial charge in [0.15, 0.2) is 0 Å². The molecule has 0 spiro atoms. The molecule has 1 aliphatic heterocycles. The summed E-state index contributed by atoms with van der Waals surface area (Å²) >= 11 is 0. The van der Waals surface area contributed by atoms with Crippen LogP contribution in [0.25, 0.3) is 0 Å². The molecule has 2 unspecified atom stereocenters. The first kappa shape index (κ1) is 7.10. The minimum Gasteiger partial charge on any atom is -0.386 e. The lowest BCUT2D eigenvalue weighted by atomic mass is 10.1. The van der Waals surface area contributed by atoms with Gasteiger partial charge in [-0.3, -0.25) is 10.3 Å². The molecule has 0 fully saturated rings. The summed E-state index contributed by atoms with van der Waals surface area (Å²) in [6.07, 6.45) is 5.22. The second-order valence-electron chi connectivity index (χ2n) is 2.39. The maximum Gasteiger partial charge on any atom is 0.108 e. The molecule has 3 nitrogen and oxygen atoms in total. The summed E-state index contributed by atoms with van der Waals surface area (Å²) in [6.45, 7) is 2.56. The highest BCUT2D eigenvalue weighted by Crippen LogP contribution is 2.00. The van der Waals surface area contributed by atoms with Crippen molar-refractivity contribution >= 4 is 5.84 Å². The van der Waals surface area contributed by atoms with Crippen LogP contribution in [-0.4, -0.2) is 24.5 Å². The van der Waals surface area contributed by atoms with Crippen LogP contribution in [0.3, 0.4) is 0 Å². The fourth-order valence-electron chi connectivity index (χ4n) is 0.965. The molecule has 2 atom stereocenters. The first-order chi connectivity index (χ1) is 4.74. The lowest BCUT2D eigenvalue weighted by Crippen LogP contribution is -2.46. The van der Waals surface area contributed by atoms with E-state index in [9.17, 15) is 0 Å². The van der Waals surface area contributed by atoms with Crippen molar-refractivity contribution in [3.8, 4) is 12.3 Å². The van der Waals surface area contributed by atoms with E-state index in [1.54, 1.807) is 0 Å². The van der Waals surface area contributed by atoms with Crippen molar-refractivity contribution in [1.29, 1.82) is 0 Å². The third-order valence-electron chi connectivity index (χ3n) is 1.53. The smallest absolute Gasteiger partial charge is 0.108 e. The SMILES string of the molecule is C#CC1NCC(N)=NC1C. The highest BCUT2D eigenvalue weighted by molar-refractivity contribution is 5.83. The predicted molar refractivity (Wildman–Crippen MR) is 41.7 cm³/mol. The fraction of sp³-hybridized carbons (Fsp3) is 0.571. The first-order valence-electron chi connectivity index (χ1n) is 3.25. The lowest BCUT2D eigenvalue weighted by molar-refractivity contribution is 0.540. The Morgan fingerprint density at radius 1 is 1.90 bits per heavy atom. The maximum absolute atomic E-state index is 5.46. The first-order valence-corrected chi connectivity index (χ1v) is 3.25. The van der Waals surface area contributed by atoms with Gasteiger partial charge >= 0.3 is 0 Å². The zero-order chi connectivity index (χ0) is 7.56. The van der Waals surface area contributed by atoms with Crippen LogP contribution in [0.4, 0.5) is 0 Å². The summed E-state index contributed by atoms with van der Waals surface area (Å²) in [6, 6.07) is 0.158. The number of rotatable bonds is 0. The second-order valence-corrected chi connectivity index (χ2v) is 2.39. The number of nitrogens with one attached hydrogen (secondary N) is 1. The summed E-state index contributed by atoms with van der Waals surface area (Å²) in [5.41, 5.74) is 5.46. The number of hydrogen-bond donors (Lipinski definition) is 2. The molecule has 0 aromatic carbocycles. The highest BCUT2D eigenvalue weighted by atomic mass is 15.1. The molecule has 1 rings (SSSR count). The van der Waals surface area contributed by atoms with Crippen molar-refractivity contribution in [3.05, 3.63) is 0 Å². The van der Waals surface area contributed by atoms with E-state index in [0.29, 0.717) is 12.4 Å². The van der Waals surface area contributed by atoms with Crippen molar-refractivity contribution in [2.24, 2.45) is 10.7 Å². The third kappa shape index (κ3) is 1.28. The van der Waals surface area contributed by atoms with E-state index >= 15 is 0 Å². The average Bonchev–Trinajstić information content (AvgIpc) is 1.88. The van der Waals surface area contributed by atoms with Crippen LogP contribution in [0, 0.1) is 12.3 Å². The Morgan fingerprint density at radius 3 is 3.10 bits per heavy atom. The summed E-state index contributed by atoms with van der Waals surface area (Å²) in [5.74, 6) is 3.24. The van der Waals surface area contributed by atoms with Crippen LogP contribution >= 0.6 is 0 Å². The fourth-order valence-corrected chi connectivity index (χ4v) is 0.965. The summed E-state index contributed by atoms with van der Waals surface area (Å²) in [7, 11) is 0. The molecule has 1 aliphatic rings. The monoisotopic (exact) mass is 137 g/mol. The Hall–Kier alpha value is -1.01. The Bertz CT molecular complexity index is 190. The molecule has 0 saturated carbocycles. The quantitative estimate of drug-likeness (QED) is 0.435. The number of amidine groups is 1. The Balaban J connectivity index is 2.66. The van der Waals surface area contributed by atoms with Crippen molar-refractivity contribution < 1.29 is 0 Å². The number of terminal acetylenes is 1. The van der Waals surface area contributed by atoms with E-state index in [0.717, 1.165) is 0 Å². The van der Waals surface area contributed by atoms with Gasteiger partial charge in [-0.05, 0) is 6.92 Å². The van der Waals surface area contributed by atoms with Gasteiger partial charge in [0, 0.05) is 0 Å². The number of aliphatic imine (C=N–C) groups is 1. The molecule has 0 saturated heterocycles. The van der Waals surface area contributed by atoms with Gasteiger partial charge in [0.25, 0.3) is 0 Å². The Labute approximate surface area is 60.7 Å². The highest BCUT2D eigenvalue weighted by Gasteiger charge is 2.17. The van der Waals surface area contributed by atoms with Gasteiger partial charge in [-0.15, -0.1) is 6.42 Å². The van der Waals surface area contributed by atoms with E-state index in [4.69, 9.17) is 12.2 Å². The van der Waals surface area contributed by atoms with Crippen LogP contribution in [0.1, 0.15) is 6.92 Å². The normalized spacial score (nSPS) is 32.6. The van der Waals surface area contributed by atoms with Gasteiger partial charge in [0.1, 0.15) is 5.84 Å². The molecule has 0 aromatic heterocycles. The number of hydrogen-bond acceptors (Lipinski definition) is 3. The van der Waals surface area contributed by atoms with Gasteiger partial charge in [-0.2, -0.15) is 0 Å². The van der Waals surface area contributed by atoms with E-state index in [1.165, 1.54) is 0 Å². The molecular formula is C7H11N3. The predicted octanol–water partition coefficient (Wildman–Crippen LogP) is -0.663. The topological polar surface area (TPSA) is 50.4 Å². The molecule has 1 heterocycles. The minimum absolute atomic E-state index is 0.0484. The summed E-state index contributed by atoms with van der Waals surface area (Å²) in [5, 5.41) is 3.08. The van der Waals surface area contributed by atoms with Gasteiger partial charge in [-0.1, -0.05) is 5.92 Å². The van der Waals surface area contributed by atoms with Crippen molar-refractivity contribution in [2.75, 3.05) is 6.54 Å². The average molecular weight is 137 g/mol. The summed E-state index contributed by atoms with van der Waals surface area (Å²) in [4.78, 5) is 4.12. The van der Waals surface area contributed by atoms with Crippen LogP contribution in [0.5, 0.6) is 0 Å². The van der Waals surface area contributed by atoms with E-state index in [-0.39, 0.29) is 12.1 Å². The molecule has 3 N–H and O–H groups in total. The minimum atomic E-state index is 0.0484. The van der Waals surface area contributed by atoms with Crippen LogP contribution < -0.4 is 11.1 Å². The van der Waals surface area contributed by atoms with Gasteiger partial charge in [-0.25, -0.2) is 0 Å². The second kappa shape index (κ2) is 2.72. The molecule has 0 aromatic rings. The van der Waals surface area contributed by atoms with Gasteiger partial charge < -0.3 is 5.73 Å². The largest absolute Gasteiger partial charge is 0.386 e. The lowest BCUT2D eigenvalue weighted by Gasteiger charge is -2.22. The molecule has 3 heteroatoms. The van der Waals surface area contributed by atoms with Crippen molar-refractivity contribution in [3.63, 3.8) is 0 Å². The molecular weight excluding hydrogens is 126 g/mol.